The molecular formula is C23H27N3O6. The van der Waals surface area contributed by atoms with Crippen molar-refractivity contribution in [2.24, 2.45) is 5.92 Å². The second-order valence-electron chi connectivity index (χ2n) is 7.86. The molecule has 2 amide bonds. The molecule has 9 nitrogen and oxygen atoms in total. The minimum Gasteiger partial charge on any atom is -0.490 e. The maximum Gasteiger partial charge on any atom is 0.269 e. The van der Waals surface area contributed by atoms with E-state index in [4.69, 9.17) is 9.47 Å². The van der Waals surface area contributed by atoms with Crippen LogP contribution in [0.2, 0.25) is 0 Å². The third kappa shape index (κ3) is 5.96. The van der Waals surface area contributed by atoms with Gasteiger partial charge in [0.15, 0.2) is 11.5 Å². The van der Waals surface area contributed by atoms with Crippen molar-refractivity contribution in [1.82, 2.24) is 10.6 Å². The van der Waals surface area contributed by atoms with Gasteiger partial charge in [0.25, 0.3) is 11.6 Å². The Kier molecular flexibility index (Phi) is 7.64. The van der Waals surface area contributed by atoms with Gasteiger partial charge in [-0.1, -0.05) is 19.9 Å². The van der Waals surface area contributed by atoms with Crippen molar-refractivity contribution in [3.8, 4) is 11.5 Å². The SMILES string of the molecule is CC(C)[C@@H](NC(=O)CCNC(=O)c1ccc([N+](=O)[O-])cc1)c1ccc2c(c1)OCCCO2. The summed E-state index contributed by atoms with van der Waals surface area (Å²) in [6.07, 6.45) is 0.923. The van der Waals surface area contributed by atoms with Crippen LogP contribution in [0.1, 0.15) is 48.7 Å². The number of benzene rings is 2. The Balaban J connectivity index is 1.54. The summed E-state index contributed by atoms with van der Waals surface area (Å²) in [6, 6.07) is 10.8. The highest BCUT2D eigenvalue weighted by Crippen LogP contribution is 2.34. The van der Waals surface area contributed by atoms with Crippen molar-refractivity contribution in [1.29, 1.82) is 0 Å². The summed E-state index contributed by atoms with van der Waals surface area (Å²) in [7, 11) is 0. The molecule has 0 aliphatic carbocycles. The molecular weight excluding hydrogens is 414 g/mol. The highest BCUT2D eigenvalue weighted by atomic mass is 16.6. The Morgan fingerprint density at radius 2 is 1.75 bits per heavy atom. The maximum atomic E-state index is 12.5. The molecule has 0 fully saturated rings. The lowest BCUT2D eigenvalue weighted by Crippen LogP contribution is -2.34. The average molecular weight is 441 g/mol. The second-order valence-corrected chi connectivity index (χ2v) is 7.86. The molecule has 0 saturated carbocycles. The molecule has 0 spiro atoms. The van der Waals surface area contributed by atoms with Crippen LogP contribution in [0.3, 0.4) is 0 Å². The van der Waals surface area contributed by atoms with E-state index in [9.17, 15) is 19.7 Å². The molecule has 0 radical (unpaired) electrons. The van der Waals surface area contributed by atoms with E-state index < -0.39 is 10.8 Å². The van der Waals surface area contributed by atoms with Gasteiger partial charge >= 0.3 is 0 Å². The van der Waals surface area contributed by atoms with Crippen LogP contribution >= 0.6 is 0 Å². The maximum absolute atomic E-state index is 12.5. The van der Waals surface area contributed by atoms with Crippen LogP contribution in [-0.2, 0) is 4.79 Å². The number of amides is 2. The number of non-ortho nitro benzene ring substituents is 1. The highest BCUT2D eigenvalue weighted by molar-refractivity contribution is 5.94. The van der Waals surface area contributed by atoms with Crippen LogP contribution in [0.5, 0.6) is 11.5 Å². The first-order valence-corrected chi connectivity index (χ1v) is 10.6. The fourth-order valence-electron chi connectivity index (χ4n) is 3.38. The molecule has 0 unspecified atom stereocenters. The lowest BCUT2D eigenvalue weighted by molar-refractivity contribution is -0.384. The van der Waals surface area contributed by atoms with E-state index in [1.165, 1.54) is 24.3 Å². The minimum atomic E-state index is -0.527. The van der Waals surface area contributed by atoms with Gasteiger partial charge in [-0.25, -0.2) is 0 Å². The van der Waals surface area contributed by atoms with Crippen molar-refractivity contribution in [2.45, 2.75) is 32.7 Å². The van der Waals surface area contributed by atoms with Crippen molar-refractivity contribution in [2.75, 3.05) is 19.8 Å². The van der Waals surface area contributed by atoms with E-state index in [2.05, 4.69) is 10.6 Å². The first-order valence-electron chi connectivity index (χ1n) is 10.6. The topological polar surface area (TPSA) is 120 Å². The monoisotopic (exact) mass is 441 g/mol. The molecule has 2 N–H and O–H groups in total. The summed E-state index contributed by atoms with van der Waals surface area (Å²) in [6.45, 7) is 5.38. The van der Waals surface area contributed by atoms with Gasteiger partial charge in [-0.05, 0) is 35.7 Å². The summed E-state index contributed by atoms with van der Waals surface area (Å²) in [5.74, 6) is 0.929. The van der Waals surface area contributed by atoms with E-state index in [1.807, 2.05) is 32.0 Å². The Labute approximate surface area is 186 Å². The number of fused-ring (bicyclic) bond motifs is 1. The Morgan fingerprint density at radius 1 is 1.06 bits per heavy atom. The zero-order valence-corrected chi connectivity index (χ0v) is 18.1. The normalized spacial score (nSPS) is 13.7. The van der Waals surface area contributed by atoms with Gasteiger partial charge < -0.3 is 20.1 Å². The summed E-state index contributed by atoms with van der Waals surface area (Å²) >= 11 is 0. The van der Waals surface area contributed by atoms with Crippen LogP contribution < -0.4 is 20.1 Å². The molecule has 0 saturated heterocycles. The molecule has 1 atom stereocenters. The lowest BCUT2D eigenvalue weighted by atomic mass is 9.95. The molecule has 1 aliphatic heterocycles. The minimum absolute atomic E-state index is 0.0876. The van der Waals surface area contributed by atoms with Crippen LogP contribution in [0.15, 0.2) is 42.5 Å². The van der Waals surface area contributed by atoms with E-state index in [0.29, 0.717) is 30.3 Å². The number of ether oxygens (including phenoxy) is 2. The fourth-order valence-corrected chi connectivity index (χ4v) is 3.38. The van der Waals surface area contributed by atoms with Crippen LogP contribution in [-0.4, -0.2) is 36.5 Å². The van der Waals surface area contributed by atoms with Gasteiger partial charge in [0.05, 0.1) is 24.2 Å². The Morgan fingerprint density at radius 3 is 2.41 bits per heavy atom. The van der Waals surface area contributed by atoms with E-state index >= 15 is 0 Å². The average Bonchev–Trinajstić information content (AvgIpc) is 3.02. The van der Waals surface area contributed by atoms with Crippen molar-refractivity contribution < 1.29 is 24.0 Å². The van der Waals surface area contributed by atoms with Crippen molar-refractivity contribution in [3.05, 3.63) is 63.7 Å². The van der Waals surface area contributed by atoms with E-state index in [-0.39, 0.29) is 36.5 Å². The number of nitrogens with one attached hydrogen (secondary N) is 2. The van der Waals surface area contributed by atoms with E-state index in [0.717, 1.165) is 12.0 Å². The van der Waals surface area contributed by atoms with Gasteiger partial charge in [-0.15, -0.1) is 0 Å². The molecule has 1 heterocycles. The summed E-state index contributed by atoms with van der Waals surface area (Å²) in [5, 5.41) is 16.4. The molecule has 0 aromatic heterocycles. The molecule has 32 heavy (non-hydrogen) atoms. The highest BCUT2D eigenvalue weighted by Gasteiger charge is 2.21. The quantitative estimate of drug-likeness (QED) is 0.479. The van der Waals surface area contributed by atoms with Crippen LogP contribution in [0.4, 0.5) is 5.69 Å². The third-order valence-corrected chi connectivity index (χ3v) is 5.09. The molecule has 170 valence electrons. The number of carbonyl (C=O) groups is 2. The zero-order valence-electron chi connectivity index (χ0n) is 18.1. The second kappa shape index (κ2) is 10.6. The Hall–Kier alpha value is -3.62. The van der Waals surface area contributed by atoms with Crippen LogP contribution in [0, 0.1) is 16.0 Å². The number of carbonyl (C=O) groups excluding carboxylic acids is 2. The first-order chi connectivity index (χ1) is 15.3. The largest absolute Gasteiger partial charge is 0.490 e. The van der Waals surface area contributed by atoms with Crippen LogP contribution in [0.25, 0.3) is 0 Å². The zero-order chi connectivity index (χ0) is 23.1. The predicted octanol–water partition coefficient (Wildman–Crippen LogP) is 3.39. The van der Waals surface area contributed by atoms with Gasteiger partial charge in [0, 0.05) is 37.1 Å². The van der Waals surface area contributed by atoms with Crippen molar-refractivity contribution >= 4 is 17.5 Å². The smallest absolute Gasteiger partial charge is 0.269 e. The number of hydrogen-bond donors (Lipinski definition) is 2. The molecule has 2 aromatic rings. The summed E-state index contributed by atoms with van der Waals surface area (Å²) in [4.78, 5) is 34.9. The molecule has 9 heteroatoms. The standard InChI is InChI=1S/C23H27N3O6/c1-15(2)22(17-6-9-19-20(14-17)32-13-3-12-31-19)25-21(27)10-11-24-23(28)16-4-7-18(8-5-16)26(29)30/h4-9,14-15,22H,3,10-13H2,1-2H3,(H,24,28)(H,25,27)/t22-/m1/s1. The van der Waals surface area contributed by atoms with Gasteiger partial charge in [0.2, 0.25) is 5.91 Å². The summed E-state index contributed by atoms with van der Waals surface area (Å²) < 4.78 is 11.4. The molecule has 1 aliphatic rings. The first kappa shape index (κ1) is 23.1. The third-order valence-electron chi connectivity index (χ3n) is 5.09. The van der Waals surface area contributed by atoms with Gasteiger partial charge in [0.1, 0.15) is 0 Å². The number of rotatable bonds is 8. The lowest BCUT2D eigenvalue weighted by Gasteiger charge is -2.24. The molecule has 2 aromatic carbocycles. The van der Waals surface area contributed by atoms with Gasteiger partial charge in [-0.3, -0.25) is 19.7 Å². The number of nitro groups is 1. The number of hydrogen-bond acceptors (Lipinski definition) is 6. The predicted molar refractivity (Wildman–Crippen MR) is 118 cm³/mol. The number of nitrogens with zero attached hydrogens (tertiary/aromatic N) is 1. The molecule has 0 bridgehead atoms. The molecule has 3 rings (SSSR count). The number of nitro benzene ring substituents is 1. The summed E-state index contributed by atoms with van der Waals surface area (Å²) in [5.41, 5.74) is 1.13. The van der Waals surface area contributed by atoms with Crippen molar-refractivity contribution in [3.63, 3.8) is 0 Å². The van der Waals surface area contributed by atoms with E-state index in [1.54, 1.807) is 0 Å². The van der Waals surface area contributed by atoms with Gasteiger partial charge in [-0.2, -0.15) is 0 Å². The fraction of sp³-hybridized carbons (Fsp3) is 0.391. The Bertz CT molecular complexity index is 974.